The summed E-state index contributed by atoms with van der Waals surface area (Å²) in [7, 11) is 2.02. The molecule has 0 bridgehead atoms. The molecule has 2 atom stereocenters. The number of aromatic nitrogens is 2. The summed E-state index contributed by atoms with van der Waals surface area (Å²) in [6.07, 6.45) is 0. The Morgan fingerprint density at radius 2 is 1.88 bits per heavy atom. The van der Waals surface area contributed by atoms with Crippen molar-refractivity contribution >= 4 is 15.9 Å². The molecule has 1 saturated heterocycles. The average Bonchev–Trinajstić information content (AvgIpc) is 2.63. The van der Waals surface area contributed by atoms with E-state index in [0.717, 1.165) is 24.1 Å². The van der Waals surface area contributed by atoms with E-state index in [0.29, 0.717) is 0 Å². The first-order valence-electron chi connectivity index (χ1n) is 5.89. The SMILES string of the molecule is Cc1nn(C)c(CN2CC(C)C(C)C2)c1Br. The van der Waals surface area contributed by atoms with E-state index < -0.39 is 0 Å². The minimum atomic E-state index is 0.813. The van der Waals surface area contributed by atoms with E-state index >= 15 is 0 Å². The number of hydrogen-bond donors (Lipinski definition) is 0. The summed E-state index contributed by atoms with van der Waals surface area (Å²) in [5.41, 5.74) is 2.37. The highest BCUT2D eigenvalue weighted by atomic mass is 79.9. The van der Waals surface area contributed by atoms with Crippen LogP contribution in [0.4, 0.5) is 0 Å². The summed E-state index contributed by atoms with van der Waals surface area (Å²) in [5.74, 6) is 1.63. The molecule has 2 rings (SSSR count). The van der Waals surface area contributed by atoms with E-state index in [1.165, 1.54) is 23.3 Å². The van der Waals surface area contributed by atoms with Crippen molar-refractivity contribution in [1.82, 2.24) is 14.7 Å². The van der Waals surface area contributed by atoms with Crippen molar-refractivity contribution in [2.75, 3.05) is 13.1 Å². The van der Waals surface area contributed by atoms with Gasteiger partial charge in [0.2, 0.25) is 0 Å². The van der Waals surface area contributed by atoms with Crippen LogP contribution < -0.4 is 0 Å². The lowest BCUT2D eigenvalue weighted by atomic mass is 10.0. The Bertz CT molecular complexity index is 376. The van der Waals surface area contributed by atoms with E-state index in [2.05, 4.69) is 39.8 Å². The highest BCUT2D eigenvalue weighted by Crippen LogP contribution is 2.27. The maximum atomic E-state index is 4.43. The number of likely N-dealkylation sites (tertiary alicyclic amines) is 1. The topological polar surface area (TPSA) is 21.1 Å². The first kappa shape index (κ1) is 12.1. The van der Waals surface area contributed by atoms with Crippen molar-refractivity contribution in [2.24, 2.45) is 18.9 Å². The molecule has 0 aliphatic carbocycles. The normalized spacial score (nSPS) is 26.6. The molecule has 0 aromatic carbocycles. The molecule has 1 aromatic heterocycles. The zero-order valence-electron chi connectivity index (χ0n) is 10.5. The summed E-state index contributed by atoms with van der Waals surface area (Å²) < 4.78 is 3.16. The molecule has 0 radical (unpaired) electrons. The van der Waals surface area contributed by atoms with Crippen LogP contribution in [0.15, 0.2) is 4.47 Å². The van der Waals surface area contributed by atoms with E-state index in [1.54, 1.807) is 0 Å². The van der Waals surface area contributed by atoms with E-state index in [-0.39, 0.29) is 0 Å². The quantitative estimate of drug-likeness (QED) is 0.833. The third-order valence-electron chi connectivity index (χ3n) is 3.70. The Kier molecular flexibility index (Phi) is 3.40. The highest BCUT2D eigenvalue weighted by molar-refractivity contribution is 9.10. The van der Waals surface area contributed by atoms with E-state index in [4.69, 9.17) is 0 Å². The van der Waals surface area contributed by atoms with Crippen molar-refractivity contribution in [3.8, 4) is 0 Å². The van der Waals surface area contributed by atoms with Crippen LogP contribution in [0.3, 0.4) is 0 Å². The van der Waals surface area contributed by atoms with Crippen LogP contribution in [0.1, 0.15) is 25.2 Å². The second-order valence-electron chi connectivity index (χ2n) is 5.12. The Balaban J connectivity index is 2.10. The Morgan fingerprint density at radius 3 is 2.31 bits per heavy atom. The molecule has 0 N–H and O–H groups in total. The number of halogens is 1. The number of rotatable bonds is 2. The number of nitrogens with zero attached hydrogens (tertiary/aromatic N) is 3. The lowest BCUT2D eigenvalue weighted by Crippen LogP contribution is -2.22. The van der Waals surface area contributed by atoms with Gasteiger partial charge < -0.3 is 0 Å². The summed E-state index contributed by atoms with van der Waals surface area (Å²) >= 11 is 3.63. The van der Waals surface area contributed by atoms with Crippen molar-refractivity contribution in [2.45, 2.75) is 27.3 Å². The molecule has 16 heavy (non-hydrogen) atoms. The first-order valence-corrected chi connectivity index (χ1v) is 6.68. The fraction of sp³-hybridized carbons (Fsp3) is 0.750. The summed E-state index contributed by atoms with van der Waals surface area (Å²) in [6, 6.07) is 0. The maximum Gasteiger partial charge on any atom is 0.0739 e. The van der Waals surface area contributed by atoms with Crippen LogP contribution in [0.5, 0.6) is 0 Å². The second-order valence-corrected chi connectivity index (χ2v) is 5.91. The summed E-state index contributed by atoms with van der Waals surface area (Å²) in [4.78, 5) is 2.52. The molecule has 0 amide bonds. The van der Waals surface area contributed by atoms with Gasteiger partial charge in [-0.25, -0.2) is 0 Å². The lowest BCUT2D eigenvalue weighted by molar-refractivity contribution is 0.306. The molecule has 1 aromatic rings. The molecule has 2 unspecified atom stereocenters. The third-order valence-corrected chi connectivity index (χ3v) is 4.73. The predicted molar refractivity (Wildman–Crippen MR) is 69.3 cm³/mol. The molecule has 1 aliphatic rings. The fourth-order valence-corrected chi connectivity index (χ4v) is 2.90. The largest absolute Gasteiger partial charge is 0.297 e. The molecule has 1 aliphatic heterocycles. The Hall–Kier alpha value is -0.350. The zero-order valence-corrected chi connectivity index (χ0v) is 12.1. The summed E-state index contributed by atoms with van der Waals surface area (Å²) in [5, 5.41) is 4.43. The van der Waals surface area contributed by atoms with Gasteiger partial charge in [0.25, 0.3) is 0 Å². The van der Waals surface area contributed by atoms with Gasteiger partial charge >= 0.3 is 0 Å². The van der Waals surface area contributed by atoms with Gasteiger partial charge in [-0.2, -0.15) is 5.10 Å². The van der Waals surface area contributed by atoms with Crippen LogP contribution >= 0.6 is 15.9 Å². The van der Waals surface area contributed by atoms with Gasteiger partial charge in [-0.15, -0.1) is 0 Å². The zero-order chi connectivity index (χ0) is 11.9. The van der Waals surface area contributed by atoms with Gasteiger partial charge in [0, 0.05) is 26.7 Å². The summed E-state index contributed by atoms with van der Waals surface area (Å²) in [6.45, 7) is 10.1. The first-order chi connectivity index (χ1) is 7.49. The van der Waals surface area contributed by atoms with Crippen LogP contribution in [0.2, 0.25) is 0 Å². The van der Waals surface area contributed by atoms with Crippen LogP contribution in [0, 0.1) is 18.8 Å². The van der Waals surface area contributed by atoms with Crippen molar-refractivity contribution in [1.29, 1.82) is 0 Å². The Morgan fingerprint density at radius 1 is 1.31 bits per heavy atom. The van der Waals surface area contributed by atoms with Crippen molar-refractivity contribution < 1.29 is 0 Å². The van der Waals surface area contributed by atoms with Gasteiger partial charge in [-0.3, -0.25) is 9.58 Å². The lowest BCUT2D eigenvalue weighted by Gasteiger charge is -2.15. The molecule has 2 heterocycles. The fourth-order valence-electron chi connectivity index (χ4n) is 2.44. The van der Waals surface area contributed by atoms with Crippen molar-refractivity contribution in [3.05, 3.63) is 15.9 Å². The molecule has 0 spiro atoms. The van der Waals surface area contributed by atoms with E-state index in [9.17, 15) is 0 Å². The third kappa shape index (κ3) is 2.18. The van der Waals surface area contributed by atoms with Gasteiger partial charge in [0.1, 0.15) is 0 Å². The van der Waals surface area contributed by atoms with Crippen LogP contribution in [-0.2, 0) is 13.6 Å². The van der Waals surface area contributed by atoms with E-state index in [1.807, 2.05) is 18.7 Å². The minimum absolute atomic E-state index is 0.813. The molecule has 90 valence electrons. The average molecular weight is 286 g/mol. The smallest absolute Gasteiger partial charge is 0.0739 e. The molecule has 3 nitrogen and oxygen atoms in total. The molecular formula is C12H20BrN3. The predicted octanol–water partition coefficient (Wildman–Crippen LogP) is 2.58. The molecular weight excluding hydrogens is 266 g/mol. The van der Waals surface area contributed by atoms with Gasteiger partial charge in [0.05, 0.1) is 15.9 Å². The van der Waals surface area contributed by atoms with Crippen molar-refractivity contribution in [3.63, 3.8) is 0 Å². The number of hydrogen-bond acceptors (Lipinski definition) is 2. The van der Waals surface area contributed by atoms with Gasteiger partial charge in [-0.05, 0) is 34.7 Å². The molecule has 0 saturated carbocycles. The molecule has 1 fully saturated rings. The maximum absolute atomic E-state index is 4.43. The number of aryl methyl sites for hydroxylation is 2. The minimum Gasteiger partial charge on any atom is -0.297 e. The highest BCUT2D eigenvalue weighted by Gasteiger charge is 2.27. The molecule has 4 heteroatoms. The van der Waals surface area contributed by atoms with Crippen LogP contribution in [0.25, 0.3) is 0 Å². The monoisotopic (exact) mass is 285 g/mol. The standard InChI is InChI=1S/C12H20BrN3/c1-8-5-16(6-9(8)2)7-11-12(13)10(3)14-15(11)4/h8-9H,5-7H2,1-4H3. The second kappa shape index (κ2) is 4.49. The van der Waals surface area contributed by atoms with Gasteiger partial charge in [-0.1, -0.05) is 13.8 Å². The van der Waals surface area contributed by atoms with Crippen LogP contribution in [-0.4, -0.2) is 27.8 Å². The van der Waals surface area contributed by atoms with Gasteiger partial charge in [0.15, 0.2) is 0 Å². The Labute approximate surface area is 106 Å².